The molecular formula is C15H25BrN2O. The maximum absolute atomic E-state index is 5.89. The van der Waals surface area contributed by atoms with E-state index >= 15 is 0 Å². The zero-order chi connectivity index (χ0) is 14.3. The lowest BCUT2D eigenvalue weighted by atomic mass is 10.2. The van der Waals surface area contributed by atoms with Crippen LogP contribution in [0.5, 0.6) is 5.75 Å². The highest BCUT2D eigenvalue weighted by molar-refractivity contribution is 9.10. The monoisotopic (exact) mass is 328 g/mol. The van der Waals surface area contributed by atoms with Crippen molar-refractivity contribution in [2.75, 3.05) is 27.2 Å². The molecule has 0 aliphatic carbocycles. The highest BCUT2D eigenvalue weighted by Gasteiger charge is 2.05. The van der Waals surface area contributed by atoms with Crippen molar-refractivity contribution >= 4 is 15.9 Å². The highest BCUT2D eigenvalue weighted by atomic mass is 79.9. The van der Waals surface area contributed by atoms with E-state index in [1.807, 2.05) is 12.1 Å². The van der Waals surface area contributed by atoms with Crippen LogP contribution < -0.4 is 10.1 Å². The van der Waals surface area contributed by atoms with Gasteiger partial charge >= 0.3 is 0 Å². The van der Waals surface area contributed by atoms with Gasteiger partial charge in [-0.15, -0.1) is 0 Å². The molecule has 0 aliphatic rings. The molecule has 0 radical (unpaired) electrons. The Kier molecular flexibility index (Phi) is 7.42. The van der Waals surface area contributed by atoms with Crippen LogP contribution in [-0.4, -0.2) is 38.2 Å². The first-order valence-corrected chi connectivity index (χ1v) is 7.57. The number of rotatable bonds is 8. The molecular weight excluding hydrogens is 304 g/mol. The zero-order valence-corrected chi connectivity index (χ0v) is 14.0. The van der Waals surface area contributed by atoms with E-state index in [0.29, 0.717) is 6.04 Å². The minimum absolute atomic E-state index is 0.473. The number of hydrogen-bond acceptors (Lipinski definition) is 3. The molecule has 0 atom stereocenters. The first-order chi connectivity index (χ1) is 8.99. The number of nitrogens with zero attached hydrogens (tertiary/aromatic N) is 1. The standard InChI is InChI=1S/C15H25BrN2O/c1-12(2)17-11-13-10-14(16)6-7-15(13)19-9-5-8-18(3)4/h6-7,10,12,17H,5,8-9,11H2,1-4H3. The van der Waals surface area contributed by atoms with Crippen LogP contribution in [0, 0.1) is 0 Å². The second-order valence-electron chi connectivity index (χ2n) is 5.29. The van der Waals surface area contributed by atoms with Crippen molar-refractivity contribution in [3.8, 4) is 5.75 Å². The van der Waals surface area contributed by atoms with Crippen LogP contribution >= 0.6 is 15.9 Å². The largest absolute Gasteiger partial charge is 0.493 e. The van der Waals surface area contributed by atoms with E-state index in [-0.39, 0.29) is 0 Å². The minimum atomic E-state index is 0.473. The lowest BCUT2D eigenvalue weighted by Gasteiger charge is -2.15. The molecule has 3 nitrogen and oxygen atoms in total. The third-order valence-electron chi connectivity index (χ3n) is 2.73. The van der Waals surface area contributed by atoms with Crippen LogP contribution in [0.2, 0.25) is 0 Å². The Bertz CT molecular complexity index is 380. The van der Waals surface area contributed by atoms with Crippen LogP contribution in [0.25, 0.3) is 0 Å². The molecule has 1 aromatic carbocycles. The van der Waals surface area contributed by atoms with E-state index in [4.69, 9.17) is 4.74 Å². The fraction of sp³-hybridized carbons (Fsp3) is 0.600. The molecule has 0 fully saturated rings. The minimum Gasteiger partial charge on any atom is -0.493 e. The average Bonchev–Trinajstić information content (AvgIpc) is 2.33. The van der Waals surface area contributed by atoms with Gasteiger partial charge in [-0.3, -0.25) is 0 Å². The van der Waals surface area contributed by atoms with Gasteiger partial charge in [-0.1, -0.05) is 29.8 Å². The topological polar surface area (TPSA) is 24.5 Å². The van der Waals surface area contributed by atoms with Crippen LogP contribution in [0.1, 0.15) is 25.8 Å². The molecule has 0 aromatic heterocycles. The molecule has 1 N–H and O–H groups in total. The number of halogens is 1. The molecule has 0 amide bonds. The van der Waals surface area contributed by atoms with Crippen molar-refractivity contribution in [3.63, 3.8) is 0 Å². The summed E-state index contributed by atoms with van der Waals surface area (Å²) in [5.41, 5.74) is 1.20. The van der Waals surface area contributed by atoms with E-state index in [1.54, 1.807) is 0 Å². The summed E-state index contributed by atoms with van der Waals surface area (Å²) in [6, 6.07) is 6.66. The summed E-state index contributed by atoms with van der Waals surface area (Å²) in [7, 11) is 4.16. The number of hydrogen-bond donors (Lipinski definition) is 1. The van der Waals surface area contributed by atoms with Gasteiger partial charge in [-0.2, -0.15) is 0 Å². The molecule has 1 rings (SSSR count). The molecule has 19 heavy (non-hydrogen) atoms. The number of nitrogens with one attached hydrogen (secondary N) is 1. The normalized spacial score (nSPS) is 11.3. The van der Waals surface area contributed by atoms with Crippen molar-refractivity contribution < 1.29 is 4.74 Å². The molecule has 0 heterocycles. The van der Waals surface area contributed by atoms with E-state index in [0.717, 1.165) is 36.3 Å². The van der Waals surface area contributed by atoms with Gasteiger partial charge in [-0.25, -0.2) is 0 Å². The first kappa shape index (κ1) is 16.5. The molecule has 0 unspecified atom stereocenters. The van der Waals surface area contributed by atoms with Crippen molar-refractivity contribution in [2.45, 2.75) is 32.9 Å². The van der Waals surface area contributed by atoms with Gasteiger partial charge in [0.05, 0.1) is 6.61 Å². The summed E-state index contributed by atoms with van der Waals surface area (Å²) < 4.78 is 6.98. The summed E-state index contributed by atoms with van der Waals surface area (Å²) in [6.45, 7) is 6.94. The Morgan fingerprint density at radius 3 is 2.68 bits per heavy atom. The summed E-state index contributed by atoms with van der Waals surface area (Å²) >= 11 is 3.51. The second kappa shape index (κ2) is 8.56. The predicted octanol–water partition coefficient (Wildman–Crippen LogP) is 3.28. The van der Waals surface area contributed by atoms with Gasteiger partial charge in [0, 0.05) is 29.2 Å². The van der Waals surface area contributed by atoms with E-state index in [2.05, 4.69) is 60.2 Å². The quantitative estimate of drug-likeness (QED) is 0.741. The summed E-state index contributed by atoms with van der Waals surface area (Å²) in [5.74, 6) is 0.982. The molecule has 0 saturated heterocycles. The smallest absolute Gasteiger partial charge is 0.123 e. The van der Waals surface area contributed by atoms with Crippen LogP contribution in [0.3, 0.4) is 0 Å². The average molecular weight is 329 g/mol. The Hall–Kier alpha value is -0.580. The molecule has 0 aliphatic heterocycles. The number of benzene rings is 1. The van der Waals surface area contributed by atoms with Gasteiger partial charge < -0.3 is 15.0 Å². The van der Waals surface area contributed by atoms with Crippen molar-refractivity contribution in [1.29, 1.82) is 0 Å². The molecule has 0 bridgehead atoms. The van der Waals surface area contributed by atoms with Crippen LogP contribution in [0.4, 0.5) is 0 Å². The molecule has 4 heteroatoms. The van der Waals surface area contributed by atoms with Gasteiger partial charge in [0.15, 0.2) is 0 Å². The Morgan fingerprint density at radius 1 is 1.32 bits per heavy atom. The molecule has 0 spiro atoms. The van der Waals surface area contributed by atoms with Gasteiger partial charge in [0.25, 0.3) is 0 Å². The molecule has 0 saturated carbocycles. The van der Waals surface area contributed by atoms with Gasteiger partial charge in [0.2, 0.25) is 0 Å². The summed E-state index contributed by atoms with van der Waals surface area (Å²) in [5, 5.41) is 3.43. The van der Waals surface area contributed by atoms with Crippen LogP contribution in [0.15, 0.2) is 22.7 Å². The van der Waals surface area contributed by atoms with Gasteiger partial charge in [0.1, 0.15) is 5.75 Å². The third-order valence-corrected chi connectivity index (χ3v) is 3.22. The maximum Gasteiger partial charge on any atom is 0.123 e. The zero-order valence-electron chi connectivity index (χ0n) is 12.4. The lowest BCUT2D eigenvalue weighted by molar-refractivity contribution is 0.278. The summed E-state index contributed by atoms with van der Waals surface area (Å²) in [6.07, 6.45) is 1.04. The fourth-order valence-electron chi connectivity index (χ4n) is 1.70. The third kappa shape index (κ3) is 6.95. The number of ether oxygens (including phenoxy) is 1. The molecule has 108 valence electrons. The van der Waals surface area contributed by atoms with Gasteiger partial charge in [-0.05, 0) is 38.7 Å². The summed E-state index contributed by atoms with van der Waals surface area (Å²) in [4.78, 5) is 2.17. The Morgan fingerprint density at radius 2 is 2.05 bits per heavy atom. The lowest BCUT2D eigenvalue weighted by Crippen LogP contribution is -2.22. The Balaban J connectivity index is 2.55. The van der Waals surface area contributed by atoms with Crippen molar-refractivity contribution in [1.82, 2.24) is 10.2 Å². The SMILES string of the molecule is CC(C)NCc1cc(Br)ccc1OCCCN(C)C. The van der Waals surface area contributed by atoms with E-state index in [1.165, 1.54) is 5.56 Å². The van der Waals surface area contributed by atoms with Crippen molar-refractivity contribution in [3.05, 3.63) is 28.2 Å². The first-order valence-electron chi connectivity index (χ1n) is 6.78. The van der Waals surface area contributed by atoms with E-state index in [9.17, 15) is 0 Å². The van der Waals surface area contributed by atoms with Crippen LogP contribution in [-0.2, 0) is 6.54 Å². The molecule has 1 aromatic rings. The van der Waals surface area contributed by atoms with Crippen molar-refractivity contribution in [2.24, 2.45) is 0 Å². The Labute approximate surface area is 125 Å². The second-order valence-corrected chi connectivity index (χ2v) is 6.21. The predicted molar refractivity (Wildman–Crippen MR) is 84.8 cm³/mol. The van der Waals surface area contributed by atoms with E-state index < -0.39 is 0 Å². The fourth-order valence-corrected chi connectivity index (χ4v) is 2.11. The highest BCUT2D eigenvalue weighted by Crippen LogP contribution is 2.23. The maximum atomic E-state index is 5.89.